The highest BCUT2D eigenvalue weighted by Crippen LogP contribution is 2.29. The first-order chi connectivity index (χ1) is 18.0. The molecule has 190 valence electrons. The Hall–Kier alpha value is -4.33. The second-order valence-electron chi connectivity index (χ2n) is 9.26. The number of methoxy groups -OCH3 is 1. The van der Waals surface area contributed by atoms with Crippen LogP contribution in [0.2, 0.25) is 0 Å². The van der Waals surface area contributed by atoms with Crippen LogP contribution in [0.1, 0.15) is 16.8 Å². The van der Waals surface area contributed by atoms with E-state index in [4.69, 9.17) is 4.74 Å². The summed E-state index contributed by atoms with van der Waals surface area (Å²) in [7, 11) is 1.57. The van der Waals surface area contributed by atoms with Gasteiger partial charge in [0.15, 0.2) is 0 Å². The lowest BCUT2D eigenvalue weighted by atomic mass is 10.1. The lowest BCUT2D eigenvalue weighted by molar-refractivity contribution is -0.122. The van der Waals surface area contributed by atoms with Gasteiger partial charge in [0.25, 0.3) is 5.91 Å². The third kappa shape index (κ3) is 5.28. The van der Waals surface area contributed by atoms with Crippen molar-refractivity contribution in [1.82, 2.24) is 4.90 Å². The molecule has 0 radical (unpaired) electrons. The zero-order chi connectivity index (χ0) is 25.8. The van der Waals surface area contributed by atoms with Gasteiger partial charge in [-0.15, -0.1) is 0 Å². The van der Waals surface area contributed by atoms with Crippen molar-refractivity contribution in [1.29, 1.82) is 0 Å². The van der Waals surface area contributed by atoms with Crippen molar-refractivity contribution in [3.8, 4) is 5.75 Å². The van der Waals surface area contributed by atoms with Gasteiger partial charge in [-0.05, 0) is 36.4 Å². The molecule has 2 fully saturated rings. The summed E-state index contributed by atoms with van der Waals surface area (Å²) < 4.78 is 5.26. The Morgan fingerprint density at radius 2 is 1.57 bits per heavy atom. The summed E-state index contributed by atoms with van der Waals surface area (Å²) in [5.74, 6) is -0.363. The van der Waals surface area contributed by atoms with Crippen molar-refractivity contribution >= 4 is 34.8 Å². The van der Waals surface area contributed by atoms with E-state index in [9.17, 15) is 14.4 Å². The van der Waals surface area contributed by atoms with E-state index in [1.807, 2.05) is 41.3 Å². The summed E-state index contributed by atoms with van der Waals surface area (Å²) in [6.07, 6.45) is 0.112. The van der Waals surface area contributed by atoms with Gasteiger partial charge in [0, 0.05) is 56.6 Å². The van der Waals surface area contributed by atoms with Crippen molar-refractivity contribution in [3.63, 3.8) is 0 Å². The number of benzene rings is 3. The molecule has 1 atom stereocenters. The molecule has 2 heterocycles. The molecule has 0 spiro atoms. The van der Waals surface area contributed by atoms with Crippen LogP contribution in [0.4, 0.5) is 17.1 Å². The predicted octanol–water partition coefficient (Wildman–Crippen LogP) is 3.65. The van der Waals surface area contributed by atoms with E-state index in [0.717, 1.165) is 18.8 Å². The Kier molecular flexibility index (Phi) is 7.07. The van der Waals surface area contributed by atoms with Gasteiger partial charge in [0.2, 0.25) is 11.8 Å². The van der Waals surface area contributed by atoms with E-state index < -0.39 is 5.92 Å². The number of hydrogen-bond donors (Lipinski definition) is 1. The average Bonchev–Trinajstić information content (AvgIpc) is 3.35. The molecular weight excluding hydrogens is 468 g/mol. The summed E-state index contributed by atoms with van der Waals surface area (Å²) in [5, 5.41) is 2.92. The van der Waals surface area contributed by atoms with Crippen LogP contribution in [-0.2, 0) is 9.59 Å². The minimum atomic E-state index is -0.517. The van der Waals surface area contributed by atoms with Crippen LogP contribution in [0.3, 0.4) is 0 Å². The fourth-order valence-corrected chi connectivity index (χ4v) is 4.90. The molecule has 2 aliphatic heterocycles. The summed E-state index contributed by atoms with van der Waals surface area (Å²) in [4.78, 5) is 45.0. The summed E-state index contributed by atoms with van der Waals surface area (Å²) in [6, 6.07) is 24.5. The number of amides is 3. The van der Waals surface area contributed by atoms with Gasteiger partial charge >= 0.3 is 0 Å². The van der Waals surface area contributed by atoms with Gasteiger partial charge in [0.1, 0.15) is 5.75 Å². The Bertz CT molecular complexity index is 1290. The van der Waals surface area contributed by atoms with Gasteiger partial charge in [0.05, 0.1) is 24.3 Å². The normalized spacial score (nSPS) is 17.6. The molecule has 3 aromatic carbocycles. The van der Waals surface area contributed by atoms with Gasteiger partial charge in [-0.2, -0.15) is 0 Å². The summed E-state index contributed by atoms with van der Waals surface area (Å²) >= 11 is 0. The maximum atomic E-state index is 13.4. The Labute approximate surface area is 216 Å². The highest BCUT2D eigenvalue weighted by atomic mass is 16.5. The fraction of sp³-hybridized carbons (Fsp3) is 0.276. The van der Waals surface area contributed by atoms with Gasteiger partial charge < -0.3 is 24.8 Å². The second-order valence-corrected chi connectivity index (χ2v) is 9.26. The Balaban J connectivity index is 1.24. The molecule has 3 aromatic rings. The maximum absolute atomic E-state index is 13.4. The molecule has 3 amide bonds. The number of rotatable bonds is 6. The molecule has 37 heavy (non-hydrogen) atoms. The first kappa shape index (κ1) is 24.4. The van der Waals surface area contributed by atoms with E-state index in [0.29, 0.717) is 35.8 Å². The number of carbonyl (C=O) groups excluding carboxylic acids is 3. The first-order valence-corrected chi connectivity index (χ1v) is 12.5. The summed E-state index contributed by atoms with van der Waals surface area (Å²) in [5.41, 5.74) is 2.77. The topological polar surface area (TPSA) is 82.2 Å². The first-order valence-electron chi connectivity index (χ1n) is 12.5. The van der Waals surface area contributed by atoms with E-state index >= 15 is 0 Å². The van der Waals surface area contributed by atoms with Crippen LogP contribution in [0.25, 0.3) is 0 Å². The number of ether oxygens (including phenoxy) is 1. The molecule has 0 bridgehead atoms. The van der Waals surface area contributed by atoms with Crippen LogP contribution in [0, 0.1) is 5.92 Å². The zero-order valence-electron chi connectivity index (χ0n) is 20.8. The number of nitrogens with zero attached hydrogens (tertiary/aromatic N) is 3. The van der Waals surface area contributed by atoms with Gasteiger partial charge in [-0.25, -0.2) is 0 Å². The van der Waals surface area contributed by atoms with Gasteiger partial charge in [-0.1, -0.05) is 36.4 Å². The fourth-order valence-electron chi connectivity index (χ4n) is 4.90. The lowest BCUT2D eigenvalue weighted by Gasteiger charge is -2.36. The van der Waals surface area contributed by atoms with Crippen molar-refractivity contribution < 1.29 is 19.1 Å². The molecule has 8 heteroatoms. The van der Waals surface area contributed by atoms with Crippen LogP contribution >= 0.6 is 0 Å². The second kappa shape index (κ2) is 10.7. The summed E-state index contributed by atoms with van der Waals surface area (Å²) in [6.45, 7) is 2.96. The third-order valence-electron chi connectivity index (χ3n) is 6.96. The SMILES string of the molecule is COc1cccc(N2CC(C(=O)Nc3ccccc3C(=O)N3CCN(c4ccccc4)CC3)CC2=O)c1. The third-order valence-corrected chi connectivity index (χ3v) is 6.96. The molecule has 0 saturated carbocycles. The van der Waals surface area contributed by atoms with Gasteiger partial charge in [-0.3, -0.25) is 14.4 Å². The molecular formula is C29H30N4O4. The van der Waals surface area contributed by atoms with Crippen LogP contribution in [0.5, 0.6) is 5.75 Å². The van der Waals surface area contributed by atoms with Crippen molar-refractivity contribution in [2.24, 2.45) is 5.92 Å². The largest absolute Gasteiger partial charge is 0.497 e. The smallest absolute Gasteiger partial charge is 0.256 e. The van der Waals surface area contributed by atoms with Crippen LogP contribution < -0.4 is 19.9 Å². The van der Waals surface area contributed by atoms with Crippen molar-refractivity contribution in [2.45, 2.75) is 6.42 Å². The van der Waals surface area contributed by atoms with E-state index in [1.54, 1.807) is 42.3 Å². The lowest BCUT2D eigenvalue weighted by Crippen LogP contribution is -2.49. The molecule has 2 saturated heterocycles. The van der Waals surface area contributed by atoms with E-state index in [1.165, 1.54) is 0 Å². The monoisotopic (exact) mass is 498 g/mol. The Morgan fingerprint density at radius 1 is 0.865 bits per heavy atom. The number of nitrogens with one attached hydrogen (secondary N) is 1. The highest BCUT2D eigenvalue weighted by molar-refractivity contribution is 6.07. The number of carbonyl (C=O) groups is 3. The molecule has 1 unspecified atom stereocenters. The average molecular weight is 499 g/mol. The molecule has 0 aromatic heterocycles. The molecule has 1 N–H and O–H groups in total. The predicted molar refractivity (Wildman–Crippen MR) is 143 cm³/mol. The zero-order valence-corrected chi connectivity index (χ0v) is 20.8. The minimum Gasteiger partial charge on any atom is -0.497 e. The quantitative estimate of drug-likeness (QED) is 0.561. The minimum absolute atomic E-state index is 0.107. The van der Waals surface area contributed by atoms with Crippen molar-refractivity contribution in [2.75, 3.05) is 55.0 Å². The molecule has 0 aliphatic carbocycles. The number of anilines is 3. The number of para-hydroxylation sites is 2. The van der Waals surface area contributed by atoms with E-state index in [-0.39, 0.29) is 30.7 Å². The van der Waals surface area contributed by atoms with Crippen LogP contribution in [-0.4, -0.2) is 62.5 Å². The number of hydrogen-bond acceptors (Lipinski definition) is 5. The Morgan fingerprint density at radius 3 is 2.32 bits per heavy atom. The molecule has 2 aliphatic rings. The maximum Gasteiger partial charge on any atom is 0.256 e. The standard InChI is InChI=1S/C29H30N4O4/c1-37-24-11-7-10-23(19-24)33-20-21(18-27(33)34)28(35)30-26-13-6-5-12-25(26)29(36)32-16-14-31(15-17-32)22-8-3-2-4-9-22/h2-13,19,21H,14-18,20H2,1H3,(H,30,35). The van der Waals surface area contributed by atoms with E-state index in [2.05, 4.69) is 22.3 Å². The molecule has 8 nitrogen and oxygen atoms in total. The molecule has 5 rings (SSSR count). The van der Waals surface area contributed by atoms with Crippen LogP contribution in [0.15, 0.2) is 78.9 Å². The van der Waals surface area contributed by atoms with Crippen molar-refractivity contribution in [3.05, 3.63) is 84.4 Å². The highest BCUT2D eigenvalue weighted by Gasteiger charge is 2.36. The number of piperazine rings is 1.